The van der Waals surface area contributed by atoms with Gasteiger partial charge in [0.2, 0.25) is 0 Å². The maximum absolute atomic E-state index is 6.23. The van der Waals surface area contributed by atoms with Gasteiger partial charge < -0.3 is 5.73 Å². The number of hydrogen-bond donors (Lipinski definition) is 2. The molecule has 21 heavy (non-hydrogen) atoms. The number of hydrogen-bond acceptors (Lipinski definition) is 3. The average molecular weight is 299 g/mol. The third-order valence-corrected chi connectivity index (χ3v) is 3.68. The molecule has 106 valence electrons. The second-order valence-electron chi connectivity index (χ2n) is 4.91. The second kappa shape index (κ2) is 5.68. The molecule has 2 aromatic carbocycles. The van der Waals surface area contributed by atoms with E-state index < -0.39 is 0 Å². The van der Waals surface area contributed by atoms with E-state index in [4.69, 9.17) is 17.3 Å². The van der Waals surface area contributed by atoms with Crippen molar-refractivity contribution in [1.82, 2.24) is 15.2 Å². The lowest BCUT2D eigenvalue weighted by Crippen LogP contribution is -2.13. The lowest BCUT2D eigenvalue weighted by molar-refractivity contribution is 0.787. The first-order chi connectivity index (χ1) is 10.1. The number of H-pyrrole nitrogens is 1. The Balaban J connectivity index is 1.91. The van der Waals surface area contributed by atoms with Crippen molar-refractivity contribution in [1.29, 1.82) is 0 Å². The molecule has 4 nitrogen and oxygen atoms in total. The van der Waals surface area contributed by atoms with Crippen LogP contribution in [0.3, 0.4) is 0 Å². The quantitative estimate of drug-likeness (QED) is 0.778. The van der Waals surface area contributed by atoms with Crippen LogP contribution in [0.4, 0.5) is 0 Å². The van der Waals surface area contributed by atoms with Crippen molar-refractivity contribution in [2.75, 3.05) is 0 Å². The Labute approximate surface area is 128 Å². The molecule has 0 bridgehead atoms. The van der Waals surface area contributed by atoms with Gasteiger partial charge in [-0.15, -0.1) is 0 Å². The number of aryl methyl sites for hydroxylation is 1. The van der Waals surface area contributed by atoms with Gasteiger partial charge in [0.05, 0.1) is 11.1 Å². The Morgan fingerprint density at radius 2 is 1.81 bits per heavy atom. The number of aromatic amines is 1. The zero-order chi connectivity index (χ0) is 14.8. The SMILES string of the molecule is Cc1ccc([C@H](N)c2nc(-c3ccccc3Cl)n[nH]2)cc1. The molecule has 0 saturated carbocycles. The molecule has 0 saturated heterocycles. The number of nitrogens with zero attached hydrogens (tertiary/aromatic N) is 2. The lowest BCUT2D eigenvalue weighted by atomic mass is 10.1. The van der Waals surface area contributed by atoms with Crippen molar-refractivity contribution in [3.05, 3.63) is 70.5 Å². The Morgan fingerprint density at radius 1 is 1.10 bits per heavy atom. The van der Waals surface area contributed by atoms with Gasteiger partial charge in [-0.3, -0.25) is 5.10 Å². The molecule has 0 radical (unpaired) electrons. The summed E-state index contributed by atoms with van der Waals surface area (Å²) in [6, 6.07) is 15.2. The molecule has 0 amide bonds. The topological polar surface area (TPSA) is 67.6 Å². The van der Waals surface area contributed by atoms with Crippen LogP contribution in [0, 0.1) is 6.92 Å². The van der Waals surface area contributed by atoms with E-state index in [2.05, 4.69) is 15.2 Å². The number of rotatable bonds is 3. The van der Waals surface area contributed by atoms with Crippen LogP contribution in [-0.2, 0) is 0 Å². The van der Waals surface area contributed by atoms with Crippen LogP contribution in [0.25, 0.3) is 11.4 Å². The predicted molar refractivity (Wildman–Crippen MR) is 84.0 cm³/mol. The summed E-state index contributed by atoms with van der Waals surface area (Å²) < 4.78 is 0. The highest BCUT2D eigenvalue weighted by atomic mass is 35.5. The first-order valence-corrected chi connectivity index (χ1v) is 7.02. The number of aromatic nitrogens is 3. The smallest absolute Gasteiger partial charge is 0.182 e. The average Bonchev–Trinajstić information content (AvgIpc) is 2.97. The summed E-state index contributed by atoms with van der Waals surface area (Å²) >= 11 is 6.16. The fourth-order valence-electron chi connectivity index (χ4n) is 2.11. The van der Waals surface area contributed by atoms with Crippen molar-refractivity contribution in [3.8, 4) is 11.4 Å². The molecule has 5 heteroatoms. The van der Waals surface area contributed by atoms with Crippen LogP contribution < -0.4 is 5.73 Å². The summed E-state index contributed by atoms with van der Waals surface area (Å²) in [6.45, 7) is 2.04. The molecule has 1 atom stereocenters. The zero-order valence-electron chi connectivity index (χ0n) is 11.5. The molecule has 1 heterocycles. The zero-order valence-corrected chi connectivity index (χ0v) is 12.3. The molecule has 0 aliphatic rings. The van der Waals surface area contributed by atoms with Crippen LogP contribution in [0.5, 0.6) is 0 Å². The van der Waals surface area contributed by atoms with Gasteiger partial charge in [-0.2, -0.15) is 5.10 Å². The van der Waals surface area contributed by atoms with E-state index in [1.54, 1.807) is 0 Å². The van der Waals surface area contributed by atoms with Gasteiger partial charge in [0.1, 0.15) is 5.82 Å². The summed E-state index contributed by atoms with van der Waals surface area (Å²) in [5.74, 6) is 1.17. The van der Waals surface area contributed by atoms with Crippen molar-refractivity contribution < 1.29 is 0 Å². The Bertz CT molecular complexity index is 749. The van der Waals surface area contributed by atoms with E-state index in [1.807, 2.05) is 55.5 Å². The number of benzene rings is 2. The molecular weight excluding hydrogens is 284 g/mol. The van der Waals surface area contributed by atoms with Gasteiger partial charge in [-0.25, -0.2) is 4.98 Å². The van der Waals surface area contributed by atoms with Crippen molar-refractivity contribution in [2.45, 2.75) is 13.0 Å². The molecule has 1 aromatic heterocycles. The maximum Gasteiger partial charge on any atom is 0.182 e. The number of halogens is 1. The maximum atomic E-state index is 6.23. The van der Waals surface area contributed by atoms with Crippen LogP contribution in [0.2, 0.25) is 5.02 Å². The minimum Gasteiger partial charge on any atom is -0.318 e. The largest absolute Gasteiger partial charge is 0.318 e. The summed E-state index contributed by atoms with van der Waals surface area (Å²) in [5.41, 5.74) is 9.20. The fourth-order valence-corrected chi connectivity index (χ4v) is 2.33. The summed E-state index contributed by atoms with van der Waals surface area (Å²) in [4.78, 5) is 4.46. The third kappa shape index (κ3) is 2.82. The molecule has 3 aromatic rings. The van der Waals surface area contributed by atoms with E-state index >= 15 is 0 Å². The highest BCUT2D eigenvalue weighted by Crippen LogP contribution is 2.26. The van der Waals surface area contributed by atoms with Gasteiger partial charge in [0, 0.05) is 5.56 Å². The Hall–Kier alpha value is -2.17. The van der Waals surface area contributed by atoms with Gasteiger partial charge in [-0.1, -0.05) is 53.6 Å². The van der Waals surface area contributed by atoms with E-state index in [0.29, 0.717) is 16.7 Å². The molecule has 0 aliphatic heterocycles. The first-order valence-electron chi connectivity index (χ1n) is 6.64. The highest BCUT2D eigenvalue weighted by molar-refractivity contribution is 6.33. The van der Waals surface area contributed by atoms with Crippen LogP contribution in [0.15, 0.2) is 48.5 Å². The van der Waals surface area contributed by atoms with E-state index in [-0.39, 0.29) is 6.04 Å². The Kier molecular flexibility index (Phi) is 3.73. The van der Waals surface area contributed by atoms with Crippen LogP contribution >= 0.6 is 11.6 Å². The van der Waals surface area contributed by atoms with Gasteiger partial charge in [-0.05, 0) is 24.6 Å². The minimum absolute atomic E-state index is 0.339. The lowest BCUT2D eigenvalue weighted by Gasteiger charge is -2.08. The molecule has 3 rings (SSSR count). The highest BCUT2D eigenvalue weighted by Gasteiger charge is 2.15. The van der Waals surface area contributed by atoms with Crippen molar-refractivity contribution in [2.24, 2.45) is 5.73 Å². The fraction of sp³-hybridized carbons (Fsp3) is 0.125. The minimum atomic E-state index is -0.339. The Morgan fingerprint density at radius 3 is 2.52 bits per heavy atom. The normalized spacial score (nSPS) is 12.3. The van der Waals surface area contributed by atoms with E-state index in [0.717, 1.165) is 11.1 Å². The molecule has 0 aliphatic carbocycles. The van der Waals surface area contributed by atoms with E-state index in [1.165, 1.54) is 5.56 Å². The third-order valence-electron chi connectivity index (χ3n) is 3.35. The summed E-state index contributed by atoms with van der Waals surface area (Å²) in [6.07, 6.45) is 0. The standard InChI is InChI=1S/C16H15ClN4/c1-10-6-8-11(9-7-10)14(18)16-19-15(20-21-16)12-4-2-3-5-13(12)17/h2-9,14H,18H2,1H3,(H,19,20,21)/t14-/m0/s1. The van der Waals surface area contributed by atoms with E-state index in [9.17, 15) is 0 Å². The molecule has 0 unspecified atom stereocenters. The van der Waals surface area contributed by atoms with Gasteiger partial charge in [0.25, 0.3) is 0 Å². The molecule has 0 spiro atoms. The van der Waals surface area contributed by atoms with Crippen LogP contribution in [0.1, 0.15) is 23.0 Å². The number of nitrogens with two attached hydrogens (primary N) is 1. The molecule has 3 N–H and O–H groups in total. The van der Waals surface area contributed by atoms with Gasteiger partial charge >= 0.3 is 0 Å². The number of nitrogens with one attached hydrogen (secondary N) is 1. The van der Waals surface area contributed by atoms with Crippen molar-refractivity contribution in [3.63, 3.8) is 0 Å². The summed E-state index contributed by atoms with van der Waals surface area (Å²) in [7, 11) is 0. The first kappa shape index (κ1) is 13.8. The van der Waals surface area contributed by atoms with Crippen LogP contribution in [-0.4, -0.2) is 15.2 Å². The van der Waals surface area contributed by atoms with Gasteiger partial charge in [0.15, 0.2) is 5.82 Å². The predicted octanol–water partition coefficient (Wildman–Crippen LogP) is 3.48. The van der Waals surface area contributed by atoms with Crippen molar-refractivity contribution >= 4 is 11.6 Å². The molecule has 0 fully saturated rings. The summed E-state index contributed by atoms with van der Waals surface area (Å²) in [5, 5.41) is 7.73. The second-order valence-corrected chi connectivity index (χ2v) is 5.32. The monoisotopic (exact) mass is 298 g/mol. The molecular formula is C16H15ClN4.